The Bertz CT molecular complexity index is 112. The second kappa shape index (κ2) is 4.99. The van der Waals surface area contributed by atoms with Gasteiger partial charge in [-0.15, -0.1) is 0 Å². The van der Waals surface area contributed by atoms with E-state index < -0.39 is 6.09 Å². The van der Waals surface area contributed by atoms with Crippen LogP contribution < -0.4 is 0 Å². The second-order valence-electron chi connectivity index (χ2n) is 2.33. The molecule has 1 saturated heterocycles. The first-order chi connectivity index (χ1) is 4.30. The predicted octanol–water partition coefficient (Wildman–Crippen LogP) is 0.502. The summed E-state index contributed by atoms with van der Waals surface area (Å²) in [6.45, 7) is 1.46. The van der Waals surface area contributed by atoms with Crippen molar-refractivity contribution < 1.29 is 9.90 Å². The maximum absolute atomic E-state index is 10.3. The second-order valence-corrected chi connectivity index (χ2v) is 2.33. The number of hydrogen-bond donors (Lipinski definition) is 1. The van der Waals surface area contributed by atoms with Gasteiger partial charge in [0.15, 0.2) is 0 Å². The summed E-state index contributed by atoms with van der Waals surface area (Å²) in [5, 5.41) is 8.46. The molecule has 1 aliphatic heterocycles. The van der Waals surface area contributed by atoms with Crippen LogP contribution in [0.5, 0.6) is 0 Å². The van der Waals surface area contributed by atoms with Crippen molar-refractivity contribution in [2.24, 2.45) is 0 Å². The molecule has 0 radical (unpaired) electrons. The number of carbonyl (C=O) groups is 1. The van der Waals surface area contributed by atoms with Gasteiger partial charge in [-0.1, -0.05) is 0 Å². The molecule has 1 rings (SSSR count). The van der Waals surface area contributed by atoms with Crippen molar-refractivity contribution in [3.05, 3.63) is 0 Å². The van der Waals surface area contributed by atoms with Crippen LogP contribution in [-0.4, -0.2) is 58.7 Å². The number of nitrogens with zero attached hydrogens (tertiary/aromatic N) is 1. The minimum atomic E-state index is -0.769. The summed E-state index contributed by atoms with van der Waals surface area (Å²) in [6, 6.07) is 0. The standard InChI is InChI=1S/C6H11NO2.Na.H/c8-6(9)7-4-2-1-3-5-7;;/h1-5H2,(H,8,9);;. The summed E-state index contributed by atoms with van der Waals surface area (Å²) in [7, 11) is 0. The number of hydrogen-bond acceptors (Lipinski definition) is 1. The van der Waals surface area contributed by atoms with Crippen LogP contribution in [0.25, 0.3) is 0 Å². The van der Waals surface area contributed by atoms with E-state index in [0.717, 1.165) is 25.9 Å². The molecule has 0 saturated carbocycles. The van der Waals surface area contributed by atoms with E-state index in [9.17, 15) is 4.79 Å². The summed E-state index contributed by atoms with van der Waals surface area (Å²) in [5.41, 5.74) is 0. The molecule has 0 spiro atoms. The summed E-state index contributed by atoms with van der Waals surface area (Å²) in [4.78, 5) is 11.8. The third-order valence-corrected chi connectivity index (χ3v) is 1.63. The Morgan fingerprint density at radius 3 is 2.00 bits per heavy atom. The van der Waals surface area contributed by atoms with Crippen LogP contribution in [0.2, 0.25) is 0 Å². The number of amides is 1. The van der Waals surface area contributed by atoms with Crippen molar-refractivity contribution >= 4 is 35.7 Å². The fraction of sp³-hybridized carbons (Fsp3) is 0.833. The Kier molecular flexibility index (Phi) is 5.13. The van der Waals surface area contributed by atoms with E-state index in [2.05, 4.69) is 0 Å². The molecule has 0 aromatic heterocycles. The molecule has 54 valence electrons. The topological polar surface area (TPSA) is 40.5 Å². The zero-order chi connectivity index (χ0) is 6.69. The fourth-order valence-electron chi connectivity index (χ4n) is 1.09. The predicted molar refractivity (Wildman–Crippen MR) is 40.6 cm³/mol. The Labute approximate surface area is 82.7 Å². The van der Waals surface area contributed by atoms with E-state index >= 15 is 0 Å². The molecule has 0 atom stereocenters. The Morgan fingerprint density at radius 2 is 1.70 bits per heavy atom. The molecule has 3 nitrogen and oxygen atoms in total. The molecule has 1 heterocycles. The zero-order valence-corrected chi connectivity index (χ0v) is 5.34. The number of likely N-dealkylation sites (tertiary alicyclic amines) is 1. The first kappa shape index (κ1) is 10.3. The summed E-state index contributed by atoms with van der Waals surface area (Å²) in [6.07, 6.45) is 2.48. The molecule has 0 aromatic rings. The SMILES string of the molecule is O=C(O)N1CCCCC1.[NaH]. The zero-order valence-electron chi connectivity index (χ0n) is 5.34. The summed E-state index contributed by atoms with van der Waals surface area (Å²) < 4.78 is 0. The molecule has 0 unspecified atom stereocenters. The fourth-order valence-corrected chi connectivity index (χ4v) is 1.09. The molecular formula is C6H12NNaO2. The monoisotopic (exact) mass is 153 g/mol. The molecular weight excluding hydrogens is 141 g/mol. The average Bonchev–Trinajstić information content (AvgIpc) is 1.90. The third-order valence-electron chi connectivity index (χ3n) is 1.63. The van der Waals surface area contributed by atoms with Crippen molar-refractivity contribution in [3.63, 3.8) is 0 Å². The summed E-state index contributed by atoms with van der Waals surface area (Å²) >= 11 is 0. The van der Waals surface area contributed by atoms with Gasteiger partial charge in [0.25, 0.3) is 0 Å². The van der Waals surface area contributed by atoms with Gasteiger partial charge >= 0.3 is 35.7 Å². The van der Waals surface area contributed by atoms with E-state index in [4.69, 9.17) is 5.11 Å². The van der Waals surface area contributed by atoms with Gasteiger partial charge in [-0.2, -0.15) is 0 Å². The van der Waals surface area contributed by atoms with Gasteiger partial charge in [-0.05, 0) is 19.3 Å². The van der Waals surface area contributed by atoms with E-state index in [1.54, 1.807) is 0 Å². The molecule has 10 heavy (non-hydrogen) atoms. The van der Waals surface area contributed by atoms with Gasteiger partial charge in [0.05, 0.1) is 0 Å². The van der Waals surface area contributed by atoms with Crippen molar-refractivity contribution in [2.45, 2.75) is 19.3 Å². The van der Waals surface area contributed by atoms with Crippen molar-refractivity contribution in [3.8, 4) is 0 Å². The van der Waals surface area contributed by atoms with Crippen LogP contribution in [-0.2, 0) is 0 Å². The van der Waals surface area contributed by atoms with E-state index in [1.165, 1.54) is 11.3 Å². The molecule has 1 fully saturated rings. The quantitative estimate of drug-likeness (QED) is 0.515. The van der Waals surface area contributed by atoms with Gasteiger partial charge < -0.3 is 10.0 Å². The third kappa shape index (κ3) is 2.90. The molecule has 0 aromatic carbocycles. The number of piperidine rings is 1. The average molecular weight is 153 g/mol. The normalized spacial score (nSPS) is 17.8. The van der Waals surface area contributed by atoms with Gasteiger partial charge in [0.2, 0.25) is 0 Å². The van der Waals surface area contributed by atoms with Gasteiger partial charge in [-0.3, -0.25) is 0 Å². The van der Waals surface area contributed by atoms with Crippen LogP contribution in [0.15, 0.2) is 0 Å². The maximum atomic E-state index is 10.3. The first-order valence-electron chi connectivity index (χ1n) is 3.28. The van der Waals surface area contributed by atoms with E-state index in [-0.39, 0.29) is 29.6 Å². The molecule has 4 heteroatoms. The molecule has 1 N–H and O–H groups in total. The van der Waals surface area contributed by atoms with Gasteiger partial charge in [-0.25, -0.2) is 4.79 Å². The molecule has 0 aliphatic carbocycles. The first-order valence-corrected chi connectivity index (χ1v) is 3.28. The number of carboxylic acid groups (broad SMARTS) is 1. The Hall–Kier alpha value is 0.270. The van der Waals surface area contributed by atoms with Crippen LogP contribution in [0.4, 0.5) is 4.79 Å². The number of rotatable bonds is 0. The van der Waals surface area contributed by atoms with E-state index in [1.807, 2.05) is 0 Å². The van der Waals surface area contributed by atoms with Crippen LogP contribution >= 0.6 is 0 Å². The van der Waals surface area contributed by atoms with Crippen molar-refractivity contribution in [2.75, 3.05) is 13.1 Å². The molecule has 0 bridgehead atoms. The minimum absolute atomic E-state index is 0. The van der Waals surface area contributed by atoms with Crippen LogP contribution in [0.1, 0.15) is 19.3 Å². The van der Waals surface area contributed by atoms with Gasteiger partial charge in [0, 0.05) is 13.1 Å². The molecule has 1 aliphatic rings. The summed E-state index contributed by atoms with van der Waals surface area (Å²) in [5.74, 6) is 0. The Balaban J connectivity index is 0.000000810. The molecule has 1 amide bonds. The van der Waals surface area contributed by atoms with Gasteiger partial charge in [0.1, 0.15) is 0 Å². The van der Waals surface area contributed by atoms with E-state index in [0.29, 0.717) is 0 Å². The van der Waals surface area contributed by atoms with Crippen molar-refractivity contribution in [1.29, 1.82) is 0 Å². The Morgan fingerprint density at radius 1 is 1.20 bits per heavy atom. The van der Waals surface area contributed by atoms with Crippen molar-refractivity contribution in [1.82, 2.24) is 4.90 Å². The van der Waals surface area contributed by atoms with Crippen LogP contribution in [0.3, 0.4) is 0 Å². The van der Waals surface area contributed by atoms with Crippen LogP contribution in [0, 0.1) is 0 Å².